The van der Waals surface area contributed by atoms with E-state index in [0.717, 1.165) is 77.1 Å². The Hall–Kier alpha value is -1.82. The van der Waals surface area contributed by atoms with Crippen LogP contribution in [-0.2, 0) is 11.3 Å². The molecule has 2 amide bonds. The van der Waals surface area contributed by atoms with Crippen LogP contribution in [0.4, 0.5) is 0 Å². The summed E-state index contributed by atoms with van der Waals surface area (Å²) in [6, 6.07) is 2.15. The first-order chi connectivity index (χ1) is 13.5. The van der Waals surface area contributed by atoms with Crippen LogP contribution in [0.25, 0.3) is 0 Å². The Bertz CT molecular complexity index is 681. The van der Waals surface area contributed by atoms with Crippen LogP contribution in [0.1, 0.15) is 74.3 Å². The molecule has 0 aromatic carbocycles. The summed E-state index contributed by atoms with van der Waals surface area (Å²) in [4.78, 5) is 31.5. The Labute approximate surface area is 168 Å². The summed E-state index contributed by atoms with van der Waals surface area (Å²) in [5, 5.41) is 0. The third kappa shape index (κ3) is 4.77. The number of hydrogen-bond donors (Lipinski definition) is 0. The van der Waals surface area contributed by atoms with E-state index in [-0.39, 0.29) is 17.9 Å². The molecule has 1 atom stereocenters. The fourth-order valence-corrected chi connectivity index (χ4v) is 4.47. The molecule has 0 bridgehead atoms. The highest BCUT2D eigenvalue weighted by atomic mass is 16.3. The number of nitrogens with zero attached hydrogens (tertiary/aromatic N) is 3. The van der Waals surface area contributed by atoms with Gasteiger partial charge in [0.25, 0.3) is 5.91 Å². The zero-order valence-corrected chi connectivity index (χ0v) is 17.7. The summed E-state index contributed by atoms with van der Waals surface area (Å²) < 4.78 is 5.91. The van der Waals surface area contributed by atoms with E-state index in [1.54, 1.807) is 0 Å². The van der Waals surface area contributed by atoms with Gasteiger partial charge in [0.1, 0.15) is 11.5 Å². The number of piperidine rings is 1. The lowest BCUT2D eigenvalue weighted by Crippen LogP contribution is -2.45. The van der Waals surface area contributed by atoms with Gasteiger partial charge >= 0.3 is 0 Å². The van der Waals surface area contributed by atoms with Crippen molar-refractivity contribution in [3.8, 4) is 0 Å². The van der Waals surface area contributed by atoms with Gasteiger partial charge in [-0.2, -0.15) is 0 Å². The number of furan rings is 1. The molecule has 3 rings (SSSR count). The van der Waals surface area contributed by atoms with Gasteiger partial charge in [-0.1, -0.05) is 13.8 Å². The number of carbonyl (C=O) groups excluding carboxylic acids is 2. The Balaban J connectivity index is 1.66. The highest BCUT2D eigenvalue weighted by molar-refractivity contribution is 5.95. The van der Waals surface area contributed by atoms with Crippen molar-refractivity contribution in [1.82, 2.24) is 14.7 Å². The number of hydrogen-bond acceptors (Lipinski definition) is 4. The minimum Gasteiger partial charge on any atom is -0.464 e. The number of aryl methyl sites for hydroxylation is 1. The molecular formula is C22H35N3O3. The zero-order valence-electron chi connectivity index (χ0n) is 17.7. The van der Waals surface area contributed by atoms with Gasteiger partial charge in [0, 0.05) is 32.1 Å². The number of rotatable bonds is 8. The average Bonchev–Trinajstić information content (AvgIpc) is 3.29. The van der Waals surface area contributed by atoms with Crippen molar-refractivity contribution in [3.05, 3.63) is 23.2 Å². The summed E-state index contributed by atoms with van der Waals surface area (Å²) >= 11 is 0. The van der Waals surface area contributed by atoms with Crippen molar-refractivity contribution in [1.29, 1.82) is 0 Å². The predicted molar refractivity (Wildman–Crippen MR) is 109 cm³/mol. The molecule has 6 heteroatoms. The minimum absolute atomic E-state index is 0.0875. The molecule has 0 N–H and O–H groups in total. The normalized spacial score (nSPS) is 20.4. The van der Waals surface area contributed by atoms with Gasteiger partial charge in [0.05, 0.1) is 12.1 Å². The van der Waals surface area contributed by atoms with E-state index < -0.39 is 0 Å². The molecule has 156 valence electrons. The van der Waals surface area contributed by atoms with Gasteiger partial charge < -0.3 is 14.2 Å². The average molecular weight is 390 g/mol. The van der Waals surface area contributed by atoms with E-state index >= 15 is 0 Å². The largest absolute Gasteiger partial charge is 0.464 e. The van der Waals surface area contributed by atoms with Crippen molar-refractivity contribution in [3.63, 3.8) is 0 Å². The highest BCUT2D eigenvalue weighted by Crippen LogP contribution is 2.26. The van der Waals surface area contributed by atoms with E-state index in [0.29, 0.717) is 17.7 Å². The lowest BCUT2D eigenvalue weighted by Gasteiger charge is -2.36. The van der Waals surface area contributed by atoms with Gasteiger partial charge in [-0.15, -0.1) is 0 Å². The second kappa shape index (κ2) is 9.59. The zero-order chi connectivity index (χ0) is 20.1. The van der Waals surface area contributed by atoms with E-state index in [1.165, 1.54) is 0 Å². The van der Waals surface area contributed by atoms with Crippen molar-refractivity contribution < 1.29 is 14.0 Å². The molecule has 2 saturated heterocycles. The van der Waals surface area contributed by atoms with Crippen LogP contribution in [0, 0.1) is 6.92 Å². The SMILES string of the molecule is CCN(CC)Cc1cc(C(=O)N2CCCCC2CCN2CCCC2=O)c(C)o1. The van der Waals surface area contributed by atoms with Crippen molar-refractivity contribution >= 4 is 11.8 Å². The molecule has 0 radical (unpaired) electrons. The Kier molecular flexibility index (Phi) is 7.16. The maximum Gasteiger partial charge on any atom is 0.257 e. The highest BCUT2D eigenvalue weighted by Gasteiger charge is 2.31. The van der Waals surface area contributed by atoms with Crippen LogP contribution in [0.3, 0.4) is 0 Å². The molecule has 2 aliphatic rings. The van der Waals surface area contributed by atoms with Gasteiger partial charge in [0.15, 0.2) is 0 Å². The molecule has 3 heterocycles. The maximum atomic E-state index is 13.3. The maximum absolute atomic E-state index is 13.3. The molecule has 2 aliphatic heterocycles. The number of amides is 2. The van der Waals surface area contributed by atoms with E-state index in [1.807, 2.05) is 22.8 Å². The first-order valence-electron chi connectivity index (χ1n) is 10.9. The Morgan fingerprint density at radius 1 is 1.21 bits per heavy atom. The summed E-state index contributed by atoms with van der Waals surface area (Å²) in [5.41, 5.74) is 0.700. The fraction of sp³-hybridized carbons (Fsp3) is 0.727. The molecule has 28 heavy (non-hydrogen) atoms. The quantitative estimate of drug-likeness (QED) is 0.683. The first kappa shape index (κ1) is 20.9. The molecule has 1 aromatic rings. The monoisotopic (exact) mass is 389 g/mol. The summed E-state index contributed by atoms with van der Waals surface area (Å²) in [6.07, 6.45) is 5.75. The van der Waals surface area contributed by atoms with Crippen LogP contribution in [0.2, 0.25) is 0 Å². The molecular weight excluding hydrogens is 354 g/mol. The summed E-state index contributed by atoms with van der Waals surface area (Å²) in [7, 11) is 0. The van der Waals surface area contributed by atoms with Crippen LogP contribution >= 0.6 is 0 Å². The van der Waals surface area contributed by atoms with Gasteiger partial charge in [-0.25, -0.2) is 0 Å². The smallest absolute Gasteiger partial charge is 0.257 e. The second-order valence-electron chi connectivity index (χ2n) is 8.07. The first-order valence-corrected chi connectivity index (χ1v) is 10.9. The predicted octanol–water partition coefficient (Wildman–Crippen LogP) is 3.44. The number of likely N-dealkylation sites (tertiary alicyclic amines) is 2. The molecule has 0 aliphatic carbocycles. The lowest BCUT2D eigenvalue weighted by atomic mass is 9.98. The molecule has 0 saturated carbocycles. The lowest BCUT2D eigenvalue weighted by molar-refractivity contribution is -0.127. The van der Waals surface area contributed by atoms with E-state index in [4.69, 9.17) is 4.42 Å². The van der Waals surface area contributed by atoms with Crippen molar-refractivity contribution in [2.45, 2.75) is 71.9 Å². The Morgan fingerprint density at radius 3 is 2.68 bits per heavy atom. The van der Waals surface area contributed by atoms with Gasteiger partial charge in [-0.05, 0) is 58.2 Å². The standard InChI is InChI=1S/C22H35N3O3/c1-4-23(5-2)16-19-15-20(17(3)28-19)22(27)25-13-7-6-9-18(25)11-14-24-12-8-10-21(24)26/h15,18H,4-14,16H2,1-3H3. The minimum atomic E-state index is 0.0875. The molecule has 2 fully saturated rings. The van der Waals surface area contributed by atoms with Crippen LogP contribution in [-0.4, -0.2) is 65.3 Å². The second-order valence-corrected chi connectivity index (χ2v) is 8.07. The van der Waals surface area contributed by atoms with Crippen LogP contribution < -0.4 is 0 Å². The van der Waals surface area contributed by atoms with Crippen molar-refractivity contribution in [2.24, 2.45) is 0 Å². The van der Waals surface area contributed by atoms with Gasteiger partial charge in [-0.3, -0.25) is 14.5 Å². The summed E-state index contributed by atoms with van der Waals surface area (Å²) in [5.74, 6) is 1.93. The van der Waals surface area contributed by atoms with Crippen molar-refractivity contribution in [2.75, 3.05) is 32.7 Å². The topological polar surface area (TPSA) is 57.0 Å². The van der Waals surface area contributed by atoms with Crippen LogP contribution in [0.5, 0.6) is 0 Å². The molecule has 0 spiro atoms. The van der Waals surface area contributed by atoms with Gasteiger partial charge in [0.2, 0.25) is 5.91 Å². The Morgan fingerprint density at radius 2 is 2.00 bits per heavy atom. The van der Waals surface area contributed by atoms with E-state index in [2.05, 4.69) is 18.7 Å². The third-order valence-corrected chi connectivity index (χ3v) is 6.26. The summed E-state index contributed by atoms with van der Waals surface area (Å²) in [6.45, 7) is 11.3. The molecule has 1 aromatic heterocycles. The fourth-order valence-electron chi connectivity index (χ4n) is 4.47. The molecule has 6 nitrogen and oxygen atoms in total. The van der Waals surface area contributed by atoms with E-state index in [9.17, 15) is 9.59 Å². The molecule has 1 unspecified atom stereocenters. The number of carbonyl (C=O) groups is 2. The van der Waals surface area contributed by atoms with Crippen LogP contribution in [0.15, 0.2) is 10.5 Å². The third-order valence-electron chi connectivity index (χ3n) is 6.26.